The van der Waals surface area contributed by atoms with Crippen LogP contribution in [0.5, 0.6) is 0 Å². The molecule has 0 unspecified atom stereocenters. The Hall–Kier alpha value is -0.160. The maximum Gasteiger partial charge on any atom is 0.0986 e. The van der Waals surface area contributed by atoms with E-state index in [1.807, 2.05) is 0 Å². The van der Waals surface area contributed by atoms with Crippen LogP contribution < -0.4 is 0 Å². The number of unbranched alkanes of at least 4 members (excludes halogenated alkanes) is 52. The Bertz CT molecular complexity index is 1010. The highest BCUT2D eigenvalue weighted by Crippen LogP contribution is 2.46. The third kappa shape index (κ3) is 44.7. The Morgan fingerprint density at radius 3 is 0.622 bits per heavy atom. The fourth-order valence-electron chi connectivity index (χ4n) is 12.7. The summed E-state index contributed by atoms with van der Waals surface area (Å²) in [6.45, 7) is 10.9. The number of hydrogen-bond acceptors (Lipinski definition) is 4. The molecule has 0 aliphatic heterocycles. The van der Waals surface area contributed by atoms with E-state index < -0.39 is 29.3 Å². The SMILES string of the molecule is CCCCCCCCCCCCCCCC[C@@H]([C@H](O)[C@@H](C)O)[C@@](O)(CCCCCCCCCCCCCCCC)C(O)(CCCCCCCCCCCCCCCC)CCCCCCCCCCCCCCCC. The second-order valence-corrected chi connectivity index (χ2v) is 25.2. The van der Waals surface area contributed by atoms with Gasteiger partial charge in [0.25, 0.3) is 0 Å². The Kier molecular flexibility index (Phi) is 57.4. The van der Waals surface area contributed by atoms with Gasteiger partial charge in [-0.05, 0) is 32.6 Å². The minimum atomic E-state index is -1.43. The largest absolute Gasteiger partial charge is 0.391 e. The van der Waals surface area contributed by atoms with Crippen LogP contribution in [0, 0.1) is 5.92 Å². The van der Waals surface area contributed by atoms with Crippen LogP contribution in [0.1, 0.15) is 420 Å². The summed E-state index contributed by atoms with van der Waals surface area (Å²) in [5.74, 6) is -0.537. The van der Waals surface area contributed by atoms with Crippen molar-refractivity contribution < 1.29 is 20.4 Å². The van der Waals surface area contributed by atoms with E-state index in [-0.39, 0.29) is 0 Å². The predicted molar refractivity (Wildman–Crippen MR) is 331 cm³/mol. The van der Waals surface area contributed by atoms with Gasteiger partial charge in [-0.2, -0.15) is 0 Å². The highest BCUT2D eigenvalue weighted by molar-refractivity contribution is 5.06. The van der Waals surface area contributed by atoms with Gasteiger partial charge in [-0.25, -0.2) is 0 Å². The summed E-state index contributed by atoms with van der Waals surface area (Å²) in [6, 6.07) is 0. The molecule has 0 aromatic carbocycles. The second kappa shape index (κ2) is 57.5. The number of rotatable bonds is 64. The van der Waals surface area contributed by atoms with Crippen molar-refractivity contribution in [1.82, 2.24) is 0 Å². The first-order valence-corrected chi connectivity index (χ1v) is 35.0. The van der Waals surface area contributed by atoms with Gasteiger partial charge in [0.15, 0.2) is 0 Å². The summed E-state index contributed by atoms with van der Waals surface area (Å²) < 4.78 is 0. The molecule has 0 spiro atoms. The quantitative estimate of drug-likeness (QED) is 0.0458. The molecular weight excluding hydrogens is 905 g/mol. The standard InChI is InChI=1S/C70H142O4/c1-6-10-14-18-22-26-30-34-38-42-46-50-54-58-62-67(68(72)66(5)71)70(74,65-61-57-53-49-45-41-37-33-29-25-21-17-13-9-4)69(73,63-59-55-51-47-43-39-35-31-27-23-19-15-11-7-2)64-60-56-52-48-44-40-36-32-28-24-20-16-12-8-3/h66-68,71-74H,6-65H2,1-5H3/t66-,67+,68-,70+/m1/s1. The molecule has 0 heterocycles. The first-order chi connectivity index (χ1) is 36.2. The van der Waals surface area contributed by atoms with Crippen LogP contribution in [-0.4, -0.2) is 43.8 Å². The van der Waals surface area contributed by atoms with Gasteiger partial charge in [-0.3, -0.25) is 0 Å². The van der Waals surface area contributed by atoms with Crippen LogP contribution >= 0.6 is 0 Å². The van der Waals surface area contributed by atoms with E-state index in [9.17, 15) is 20.4 Å². The maximum absolute atomic E-state index is 13.5. The van der Waals surface area contributed by atoms with Crippen molar-refractivity contribution in [2.24, 2.45) is 5.92 Å². The lowest BCUT2D eigenvalue weighted by molar-refractivity contribution is -0.221. The number of hydrogen-bond donors (Lipinski definition) is 4. The molecule has 4 nitrogen and oxygen atoms in total. The molecule has 0 saturated heterocycles. The number of aliphatic hydroxyl groups excluding tert-OH is 2. The van der Waals surface area contributed by atoms with Gasteiger partial charge < -0.3 is 20.4 Å². The lowest BCUT2D eigenvalue weighted by Gasteiger charge is -2.51. The molecule has 0 aliphatic rings. The average Bonchev–Trinajstić information content (AvgIpc) is 3.39. The van der Waals surface area contributed by atoms with E-state index in [4.69, 9.17) is 0 Å². The average molecular weight is 1050 g/mol. The molecule has 74 heavy (non-hydrogen) atoms. The molecule has 4 N–H and O–H groups in total. The molecule has 0 rings (SSSR count). The van der Waals surface area contributed by atoms with Gasteiger partial charge in [-0.1, -0.05) is 387 Å². The van der Waals surface area contributed by atoms with E-state index in [1.165, 1.54) is 308 Å². The van der Waals surface area contributed by atoms with Crippen LogP contribution in [0.3, 0.4) is 0 Å². The molecule has 0 radical (unpaired) electrons. The van der Waals surface area contributed by atoms with Crippen molar-refractivity contribution in [2.45, 2.75) is 443 Å². The van der Waals surface area contributed by atoms with E-state index >= 15 is 0 Å². The summed E-state index contributed by atoms with van der Waals surface area (Å²) in [7, 11) is 0. The van der Waals surface area contributed by atoms with Gasteiger partial charge in [0.1, 0.15) is 0 Å². The number of aliphatic hydroxyl groups is 4. The highest BCUT2D eigenvalue weighted by atomic mass is 16.4. The molecule has 0 aromatic heterocycles. The fraction of sp³-hybridized carbons (Fsp3) is 1.00. The van der Waals surface area contributed by atoms with Crippen LogP contribution in [0.4, 0.5) is 0 Å². The molecule has 4 atom stereocenters. The molecule has 4 heteroatoms. The Balaban J connectivity index is 5.76. The van der Waals surface area contributed by atoms with Crippen molar-refractivity contribution in [2.75, 3.05) is 0 Å². The lowest BCUT2D eigenvalue weighted by Crippen LogP contribution is -2.62. The van der Waals surface area contributed by atoms with E-state index in [0.717, 1.165) is 51.4 Å². The molecule has 0 aliphatic carbocycles. The normalized spacial score (nSPS) is 14.2. The van der Waals surface area contributed by atoms with Gasteiger partial charge in [0.2, 0.25) is 0 Å². The zero-order valence-corrected chi connectivity index (χ0v) is 51.9. The zero-order valence-electron chi connectivity index (χ0n) is 51.9. The van der Waals surface area contributed by atoms with Crippen molar-refractivity contribution >= 4 is 0 Å². The summed E-state index contributed by atoms with van der Waals surface area (Å²) in [5.41, 5.74) is -2.70. The third-order valence-electron chi connectivity index (χ3n) is 18.0. The summed E-state index contributed by atoms with van der Waals surface area (Å²) in [6.07, 6.45) is 73.0. The molecule has 0 amide bonds. The summed E-state index contributed by atoms with van der Waals surface area (Å²) in [5, 5.41) is 49.9. The summed E-state index contributed by atoms with van der Waals surface area (Å²) >= 11 is 0. The zero-order chi connectivity index (χ0) is 54.2. The molecule has 0 fully saturated rings. The highest BCUT2D eigenvalue weighted by Gasteiger charge is 2.54. The second-order valence-electron chi connectivity index (χ2n) is 25.2. The predicted octanol–water partition coefficient (Wildman–Crippen LogP) is 23.3. The molecule has 0 bridgehead atoms. The van der Waals surface area contributed by atoms with Gasteiger partial charge >= 0.3 is 0 Å². The van der Waals surface area contributed by atoms with E-state index in [2.05, 4.69) is 27.7 Å². The Labute approximate surface area is 467 Å². The molecule has 0 saturated carbocycles. The van der Waals surface area contributed by atoms with Crippen molar-refractivity contribution in [3.63, 3.8) is 0 Å². The van der Waals surface area contributed by atoms with Crippen LogP contribution in [0.25, 0.3) is 0 Å². The Morgan fingerprint density at radius 2 is 0.419 bits per heavy atom. The minimum absolute atomic E-state index is 0.520. The van der Waals surface area contributed by atoms with Gasteiger partial charge in [-0.15, -0.1) is 0 Å². The first-order valence-electron chi connectivity index (χ1n) is 35.0. The van der Waals surface area contributed by atoms with Crippen LogP contribution in [-0.2, 0) is 0 Å². The molecule has 0 aromatic rings. The summed E-state index contributed by atoms with van der Waals surface area (Å²) in [4.78, 5) is 0. The molecular formula is C70H142O4. The third-order valence-corrected chi connectivity index (χ3v) is 18.0. The lowest BCUT2D eigenvalue weighted by atomic mass is 9.63. The van der Waals surface area contributed by atoms with Crippen molar-refractivity contribution in [3.8, 4) is 0 Å². The van der Waals surface area contributed by atoms with Gasteiger partial charge in [0, 0.05) is 5.92 Å². The smallest absolute Gasteiger partial charge is 0.0986 e. The maximum atomic E-state index is 13.5. The van der Waals surface area contributed by atoms with Crippen LogP contribution in [0.2, 0.25) is 0 Å². The Morgan fingerprint density at radius 1 is 0.243 bits per heavy atom. The van der Waals surface area contributed by atoms with Crippen LogP contribution in [0.15, 0.2) is 0 Å². The monoisotopic (exact) mass is 1050 g/mol. The van der Waals surface area contributed by atoms with Crippen molar-refractivity contribution in [3.05, 3.63) is 0 Å². The molecule has 446 valence electrons. The topological polar surface area (TPSA) is 80.9 Å². The first kappa shape index (κ1) is 73.8. The van der Waals surface area contributed by atoms with E-state index in [1.54, 1.807) is 6.92 Å². The minimum Gasteiger partial charge on any atom is -0.391 e. The fourth-order valence-corrected chi connectivity index (χ4v) is 12.7. The van der Waals surface area contributed by atoms with Crippen molar-refractivity contribution in [1.29, 1.82) is 0 Å². The van der Waals surface area contributed by atoms with Gasteiger partial charge in [0.05, 0.1) is 23.4 Å². The van der Waals surface area contributed by atoms with E-state index in [0.29, 0.717) is 25.7 Å².